The number of rotatable bonds is 7. The molecule has 6 heteroatoms. The van der Waals surface area contributed by atoms with Crippen LogP contribution in [-0.4, -0.2) is 24.1 Å². The minimum absolute atomic E-state index is 0.182. The minimum Gasteiger partial charge on any atom is -0.405 e. The van der Waals surface area contributed by atoms with E-state index in [1.165, 1.54) is 12.1 Å². The summed E-state index contributed by atoms with van der Waals surface area (Å²) in [4.78, 5) is 0. The van der Waals surface area contributed by atoms with E-state index in [0.29, 0.717) is 25.1 Å². The zero-order valence-electron chi connectivity index (χ0n) is 10.7. The Kier molecular flexibility index (Phi) is 6.11. The zero-order chi connectivity index (χ0) is 14.3. The lowest BCUT2D eigenvalue weighted by atomic mass is 10.2. The molecule has 1 aromatic carbocycles. The molecular formula is C13H18F3NO2. The van der Waals surface area contributed by atoms with Crippen molar-refractivity contribution in [1.29, 1.82) is 0 Å². The summed E-state index contributed by atoms with van der Waals surface area (Å²) in [7, 11) is 0. The van der Waals surface area contributed by atoms with Crippen LogP contribution in [0.2, 0.25) is 0 Å². The van der Waals surface area contributed by atoms with Gasteiger partial charge in [-0.25, -0.2) is 0 Å². The van der Waals surface area contributed by atoms with Gasteiger partial charge in [0.25, 0.3) is 0 Å². The smallest absolute Gasteiger partial charge is 0.405 e. The molecule has 19 heavy (non-hydrogen) atoms. The van der Waals surface area contributed by atoms with E-state index in [4.69, 9.17) is 5.11 Å². The first-order valence-corrected chi connectivity index (χ1v) is 6.11. The third-order valence-corrected chi connectivity index (χ3v) is 2.49. The fourth-order valence-corrected chi connectivity index (χ4v) is 1.62. The van der Waals surface area contributed by atoms with E-state index in [1.54, 1.807) is 19.1 Å². The Bertz CT molecular complexity index is 380. The maximum atomic E-state index is 12.2. The topological polar surface area (TPSA) is 41.5 Å². The van der Waals surface area contributed by atoms with E-state index >= 15 is 0 Å². The molecule has 1 rings (SSSR count). The van der Waals surface area contributed by atoms with Crippen LogP contribution in [0.1, 0.15) is 25.3 Å². The van der Waals surface area contributed by atoms with Crippen LogP contribution >= 0.6 is 0 Å². The van der Waals surface area contributed by atoms with E-state index < -0.39 is 6.36 Å². The van der Waals surface area contributed by atoms with Crippen molar-refractivity contribution in [3.8, 4) is 5.75 Å². The number of hydrogen-bond donors (Lipinski definition) is 2. The predicted octanol–water partition coefficient (Wildman–Crippen LogP) is 2.84. The van der Waals surface area contributed by atoms with Gasteiger partial charge in [-0.05, 0) is 32.4 Å². The third-order valence-electron chi connectivity index (χ3n) is 2.49. The Hall–Kier alpha value is -1.27. The van der Waals surface area contributed by atoms with Gasteiger partial charge in [-0.3, -0.25) is 0 Å². The molecule has 108 valence electrons. The van der Waals surface area contributed by atoms with Crippen LogP contribution in [0.15, 0.2) is 24.3 Å². The SMILES string of the molecule is CC(O)CCCNCc1ccccc1OC(F)(F)F. The van der Waals surface area contributed by atoms with Crippen molar-refractivity contribution in [3.05, 3.63) is 29.8 Å². The van der Waals surface area contributed by atoms with Crippen molar-refractivity contribution in [3.63, 3.8) is 0 Å². The van der Waals surface area contributed by atoms with Gasteiger partial charge in [-0.15, -0.1) is 13.2 Å². The van der Waals surface area contributed by atoms with Crippen LogP contribution < -0.4 is 10.1 Å². The van der Waals surface area contributed by atoms with Gasteiger partial charge in [-0.1, -0.05) is 18.2 Å². The number of aliphatic hydroxyl groups excluding tert-OH is 1. The van der Waals surface area contributed by atoms with Crippen LogP contribution in [0.3, 0.4) is 0 Å². The second-order valence-electron chi connectivity index (χ2n) is 4.32. The molecule has 1 atom stereocenters. The number of nitrogens with one attached hydrogen (secondary N) is 1. The maximum absolute atomic E-state index is 12.2. The molecule has 0 heterocycles. The van der Waals surface area contributed by atoms with Gasteiger partial charge < -0.3 is 15.2 Å². The van der Waals surface area contributed by atoms with E-state index in [0.717, 1.165) is 6.42 Å². The molecule has 0 aliphatic heterocycles. The molecular weight excluding hydrogens is 259 g/mol. The number of benzene rings is 1. The molecule has 0 fully saturated rings. The monoisotopic (exact) mass is 277 g/mol. The van der Waals surface area contributed by atoms with Gasteiger partial charge in [0.1, 0.15) is 5.75 Å². The van der Waals surface area contributed by atoms with Gasteiger partial charge in [-0.2, -0.15) is 0 Å². The molecule has 3 nitrogen and oxygen atoms in total. The average Bonchev–Trinajstić information content (AvgIpc) is 2.28. The molecule has 0 amide bonds. The fraction of sp³-hybridized carbons (Fsp3) is 0.538. The van der Waals surface area contributed by atoms with Crippen molar-refractivity contribution >= 4 is 0 Å². The zero-order valence-corrected chi connectivity index (χ0v) is 10.7. The fourth-order valence-electron chi connectivity index (χ4n) is 1.62. The van der Waals surface area contributed by atoms with Crippen molar-refractivity contribution in [2.24, 2.45) is 0 Å². The van der Waals surface area contributed by atoms with Crippen LogP contribution in [0, 0.1) is 0 Å². The molecule has 0 saturated heterocycles. The highest BCUT2D eigenvalue weighted by Gasteiger charge is 2.31. The summed E-state index contributed by atoms with van der Waals surface area (Å²) in [6.07, 6.45) is -3.61. The summed E-state index contributed by atoms with van der Waals surface area (Å²) in [5.41, 5.74) is 0.455. The molecule has 0 bridgehead atoms. The Balaban J connectivity index is 2.45. The maximum Gasteiger partial charge on any atom is 0.573 e. The number of ether oxygens (including phenoxy) is 1. The molecule has 0 aliphatic carbocycles. The third kappa shape index (κ3) is 7.03. The number of para-hydroxylation sites is 1. The molecule has 1 unspecified atom stereocenters. The van der Waals surface area contributed by atoms with Crippen molar-refractivity contribution in [2.75, 3.05) is 6.54 Å². The quantitative estimate of drug-likeness (QED) is 0.753. The van der Waals surface area contributed by atoms with E-state index in [1.807, 2.05) is 0 Å². The first kappa shape index (κ1) is 15.8. The molecule has 0 aromatic heterocycles. The first-order chi connectivity index (χ1) is 8.88. The van der Waals surface area contributed by atoms with Gasteiger partial charge in [0.2, 0.25) is 0 Å². The van der Waals surface area contributed by atoms with E-state index in [2.05, 4.69) is 10.1 Å². The standard InChI is InChI=1S/C13H18F3NO2/c1-10(18)5-4-8-17-9-11-6-2-3-7-12(11)19-13(14,15)16/h2-3,6-7,10,17-18H,4-5,8-9H2,1H3. The largest absolute Gasteiger partial charge is 0.573 e. The molecule has 1 aromatic rings. The minimum atomic E-state index is -4.68. The van der Waals surface area contributed by atoms with Crippen molar-refractivity contribution < 1.29 is 23.0 Å². The van der Waals surface area contributed by atoms with Crippen LogP contribution in [-0.2, 0) is 6.54 Å². The van der Waals surface area contributed by atoms with E-state index in [-0.39, 0.29) is 11.9 Å². The van der Waals surface area contributed by atoms with Gasteiger partial charge in [0.15, 0.2) is 0 Å². The van der Waals surface area contributed by atoms with Gasteiger partial charge in [0, 0.05) is 12.1 Å². The Morgan fingerprint density at radius 1 is 1.32 bits per heavy atom. The van der Waals surface area contributed by atoms with Gasteiger partial charge >= 0.3 is 6.36 Å². The summed E-state index contributed by atoms with van der Waals surface area (Å²) >= 11 is 0. The molecule has 0 aliphatic rings. The summed E-state index contributed by atoms with van der Waals surface area (Å²) in [6, 6.07) is 6.04. The molecule has 0 saturated carbocycles. The lowest BCUT2D eigenvalue weighted by molar-refractivity contribution is -0.274. The highest BCUT2D eigenvalue weighted by molar-refractivity contribution is 5.33. The normalized spacial score (nSPS) is 13.3. The average molecular weight is 277 g/mol. The van der Waals surface area contributed by atoms with E-state index in [9.17, 15) is 13.2 Å². The van der Waals surface area contributed by atoms with Crippen LogP contribution in [0.4, 0.5) is 13.2 Å². The predicted molar refractivity (Wildman–Crippen MR) is 65.7 cm³/mol. The lowest BCUT2D eigenvalue weighted by Gasteiger charge is -2.13. The number of alkyl halides is 3. The Morgan fingerprint density at radius 3 is 2.63 bits per heavy atom. The molecule has 2 N–H and O–H groups in total. The second-order valence-corrected chi connectivity index (χ2v) is 4.32. The second kappa shape index (κ2) is 7.35. The molecule has 0 spiro atoms. The number of halogens is 3. The lowest BCUT2D eigenvalue weighted by Crippen LogP contribution is -2.20. The van der Waals surface area contributed by atoms with Crippen molar-refractivity contribution in [2.45, 2.75) is 38.8 Å². The number of aliphatic hydroxyl groups is 1. The highest BCUT2D eigenvalue weighted by Crippen LogP contribution is 2.25. The first-order valence-electron chi connectivity index (χ1n) is 6.11. The van der Waals surface area contributed by atoms with Crippen molar-refractivity contribution in [1.82, 2.24) is 5.32 Å². The summed E-state index contributed by atoms with van der Waals surface area (Å²) in [5, 5.41) is 12.1. The van der Waals surface area contributed by atoms with Crippen LogP contribution in [0.5, 0.6) is 5.75 Å². The van der Waals surface area contributed by atoms with Gasteiger partial charge in [0.05, 0.1) is 6.10 Å². The summed E-state index contributed by atoms with van der Waals surface area (Å²) < 4.78 is 40.5. The summed E-state index contributed by atoms with van der Waals surface area (Å²) in [6.45, 7) is 2.63. The molecule has 0 radical (unpaired) electrons. The Morgan fingerprint density at radius 2 is 2.00 bits per heavy atom. The summed E-state index contributed by atoms with van der Waals surface area (Å²) in [5.74, 6) is -0.182. The Labute approximate surface area is 110 Å². The highest BCUT2D eigenvalue weighted by atomic mass is 19.4. The number of hydrogen-bond acceptors (Lipinski definition) is 3. The van der Waals surface area contributed by atoms with Crippen LogP contribution in [0.25, 0.3) is 0 Å².